The Morgan fingerprint density at radius 2 is 2.12 bits per heavy atom. The maximum atomic E-state index is 6.22. The molecule has 1 aliphatic rings. The second kappa shape index (κ2) is 6.18. The summed E-state index contributed by atoms with van der Waals surface area (Å²) in [5.41, 5.74) is 8.86. The van der Waals surface area contributed by atoms with Crippen molar-refractivity contribution in [2.45, 2.75) is 51.2 Å². The fourth-order valence-corrected chi connectivity index (χ4v) is 2.47. The van der Waals surface area contributed by atoms with Crippen LogP contribution in [-0.2, 0) is 11.2 Å². The van der Waals surface area contributed by atoms with Crippen LogP contribution in [0.2, 0.25) is 0 Å². The van der Waals surface area contributed by atoms with E-state index in [1.165, 1.54) is 30.4 Å². The van der Waals surface area contributed by atoms with Crippen LogP contribution in [0.25, 0.3) is 0 Å². The Morgan fingerprint density at radius 1 is 1.35 bits per heavy atom. The third kappa shape index (κ3) is 3.55. The fourth-order valence-electron chi connectivity index (χ4n) is 2.47. The first-order valence-corrected chi connectivity index (χ1v) is 6.75. The molecule has 1 saturated heterocycles. The van der Waals surface area contributed by atoms with E-state index in [4.69, 9.17) is 10.5 Å². The predicted octanol–water partition coefficient (Wildman–Crippen LogP) is 3.21. The van der Waals surface area contributed by atoms with Gasteiger partial charge in [0.1, 0.15) is 0 Å². The summed E-state index contributed by atoms with van der Waals surface area (Å²) in [7, 11) is 0. The smallest absolute Gasteiger partial charge is 0.0594 e. The first-order chi connectivity index (χ1) is 8.29. The van der Waals surface area contributed by atoms with E-state index in [1.54, 1.807) is 0 Å². The first-order valence-electron chi connectivity index (χ1n) is 6.75. The molecule has 1 aliphatic heterocycles. The molecule has 0 bridgehead atoms. The lowest BCUT2D eigenvalue weighted by Gasteiger charge is -2.16. The minimum Gasteiger partial charge on any atom is -0.378 e. The zero-order chi connectivity index (χ0) is 12.1. The Balaban J connectivity index is 1.91. The van der Waals surface area contributed by atoms with Gasteiger partial charge in [0.05, 0.1) is 6.10 Å². The monoisotopic (exact) mass is 233 g/mol. The Labute approximate surface area is 104 Å². The minimum atomic E-state index is 0.119. The molecule has 1 heterocycles. The lowest BCUT2D eigenvalue weighted by Crippen LogP contribution is -2.18. The molecule has 2 heteroatoms. The van der Waals surface area contributed by atoms with Crippen LogP contribution >= 0.6 is 0 Å². The van der Waals surface area contributed by atoms with Crippen LogP contribution in [0.1, 0.15) is 49.8 Å². The van der Waals surface area contributed by atoms with E-state index in [1.807, 2.05) is 0 Å². The zero-order valence-electron chi connectivity index (χ0n) is 10.7. The van der Waals surface area contributed by atoms with Crippen LogP contribution in [0.15, 0.2) is 24.3 Å². The number of hydrogen-bond acceptors (Lipinski definition) is 2. The molecular formula is C15H23NO. The van der Waals surface area contributed by atoms with Crippen LogP contribution in [0, 0.1) is 0 Å². The molecule has 2 N–H and O–H groups in total. The molecule has 2 unspecified atom stereocenters. The van der Waals surface area contributed by atoms with Crippen molar-refractivity contribution >= 4 is 0 Å². The molecule has 0 aliphatic carbocycles. The standard InChI is InChI=1S/C15H23NO/c1-2-4-12-6-8-13(9-7-12)15(16)11-14-5-3-10-17-14/h6-9,14-15H,2-5,10-11,16H2,1H3. The zero-order valence-corrected chi connectivity index (χ0v) is 10.7. The normalized spacial score (nSPS) is 21.6. The van der Waals surface area contributed by atoms with Crippen LogP contribution in [-0.4, -0.2) is 12.7 Å². The van der Waals surface area contributed by atoms with Crippen LogP contribution in [0.4, 0.5) is 0 Å². The predicted molar refractivity (Wildman–Crippen MR) is 71.0 cm³/mol. The van der Waals surface area contributed by atoms with Gasteiger partial charge in [0.2, 0.25) is 0 Å². The van der Waals surface area contributed by atoms with Gasteiger partial charge < -0.3 is 10.5 Å². The Morgan fingerprint density at radius 3 is 2.71 bits per heavy atom. The summed E-state index contributed by atoms with van der Waals surface area (Å²) >= 11 is 0. The fraction of sp³-hybridized carbons (Fsp3) is 0.600. The van der Waals surface area contributed by atoms with Crippen molar-refractivity contribution < 1.29 is 4.74 Å². The van der Waals surface area contributed by atoms with Gasteiger partial charge in [0.25, 0.3) is 0 Å². The van der Waals surface area contributed by atoms with Crippen molar-refractivity contribution in [1.82, 2.24) is 0 Å². The number of nitrogens with two attached hydrogens (primary N) is 1. The number of benzene rings is 1. The number of hydrogen-bond donors (Lipinski definition) is 1. The molecule has 2 atom stereocenters. The second-order valence-corrected chi connectivity index (χ2v) is 4.97. The topological polar surface area (TPSA) is 35.2 Å². The molecule has 0 saturated carbocycles. The maximum absolute atomic E-state index is 6.22. The number of rotatable bonds is 5. The van der Waals surface area contributed by atoms with Gasteiger partial charge in [-0.1, -0.05) is 37.6 Å². The van der Waals surface area contributed by atoms with Gasteiger partial charge in [-0.2, -0.15) is 0 Å². The Hall–Kier alpha value is -0.860. The minimum absolute atomic E-state index is 0.119. The van der Waals surface area contributed by atoms with E-state index in [9.17, 15) is 0 Å². The van der Waals surface area contributed by atoms with E-state index >= 15 is 0 Å². The summed E-state index contributed by atoms with van der Waals surface area (Å²) in [5, 5.41) is 0. The molecule has 0 radical (unpaired) electrons. The third-order valence-corrected chi connectivity index (χ3v) is 3.49. The lowest BCUT2D eigenvalue weighted by molar-refractivity contribution is 0.0983. The van der Waals surface area contributed by atoms with Gasteiger partial charge in [0, 0.05) is 12.6 Å². The third-order valence-electron chi connectivity index (χ3n) is 3.49. The van der Waals surface area contributed by atoms with E-state index < -0.39 is 0 Å². The van der Waals surface area contributed by atoms with Gasteiger partial charge in [-0.25, -0.2) is 0 Å². The summed E-state index contributed by atoms with van der Waals surface area (Å²) in [6, 6.07) is 8.87. The molecular weight excluding hydrogens is 210 g/mol. The average molecular weight is 233 g/mol. The summed E-state index contributed by atoms with van der Waals surface area (Å²) in [6.07, 6.45) is 6.03. The molecule has 1 aromatic carbocycles. The molecule has 1 fully saturated rings. The lowest BCUT2D eigenvalue weighted by atomic mass is 9.98. The van der Waals surface area contributed by atoms with Crippen molar-refractivity contribution in [3.63, 3.8) is 0 Å². The quantitative estimate of drug-likeness (QED) is 0.847. The van der Waals surface area contributed by atoms with E-state index in [0.29, 0.717) is 6.10 Å². The van der Waals surface area contributed by atoms with Crippen LogP contribution < -0.4 is 5.73 Å². The van der Waals surface area contributed by atoms with Gasteiger partial charge in [-0.3, -0.25) is 0 Å². The van der Waals surface area contributed by atoms with Gasteiger partial charge in [-0.05, 0) is 36.8 Å². The molecule has 94 valence electrons. The SMILES string of the molecule is CCCc1ccc(C(N)CC2CCCO2)cc1. The van der Waals surface area contributed by atoms with Crippen molar-refractivity contribution in [2.75, 3.05) is 6.61 Å². The summed E-state index contributed by atoms with van der Waals surface area (Å²) in [6.45, 7) is 3.11. The molecule has 0 amide bonds. The maximum Gasteiger partial charge on any atom is 0.0594 e. The van der Waals surface area contributed by atoms with Gasteiger partial charge >= 0.3 is 0 Å². The summed E-state index contributed by atoms with van der Waals surface area (Å²) in [4.78, 5) is 0. The Bertz CT molecular complexity index is 327. The molecule has 0 spiro atoms. The highest BCUT2D eigenvalue weighted by molar-refractivity contribution is 5.25. The Kier molecular flexibility index (Phi) is 4.57. The summed E-state index contributed by atoms with van der Waals surface area (Å²) < 4.78 is 5.63. The number of aryl methyl sites for hydroxylation is 1. The largest absolute Gasteiger partial charge is 0.378 e. The highest BCUT2D eigenvalue weighted by Gasteiger charge is 2.19. The second-order valence-electron chi connectivity index (χ2n) is 4.97. The highest BCUT2D eigenvalue weighted by Crippen LogP contribution is 2.23. The van der Waals surface area contributed by atoms with Crippen molar-refractivity contribution in [3.05, 3.63) is 35.4 Å². The van der Waals surface area contributed by atoms with E-state index in [2.05, 4.69) is 31.2 Å². The van der Waals surface area contributed by atoms with Crippen LogP contribution in [0.5, 0.6) is 0 Å². The molecule has 0 aromatic heterocycles. The van der Waals surface area contributed by atoms with Gasteiger partial charge in [0.15, 0.2) is 0 Å². The van der Waals surface area contributed by atoms with Crippen LogP contribution in [0.3, 0.4) is 0 Å². The molecule has 2 rings (SSSR count). The first kappa shape index (κ1) is 12.6. The van der Waals surface area contributed by atoms with Crippen molar-refractivity contribution in [2.24, 2.45) is 5.73 Å². The van der Waals surface area contributed by atoms with Gasteiger partial charge in [-0.15, -0.1) is 0 Å². The summed E-state index contributed by atoms with van der Waals surface area (Å²) in [5.74, 6) is 0. The number of ether oxygens (including phenoxy) is 1. The molecule has 2 nitrogen and oxygen atoms in total. The average Bonchev–Trinajstić information content (AvgIpc) is 2.83. The van der Waals surface area contributed by atoms with E-state index in [0.717, 1.165) is 19.4 Å². The molecule has 1 aromatic rings. The van der Waals surface area contributed by atoms with Crippen molar-refractivity contribution in [1.29, 1.82) is 0 Å². The van der Waals surface area contributed by atoms with E-state index in [-0.39, 0.29) is 6.04 Å². The molecule has 17 heavy (non-hydrogen) atoms. The highest BCUT2D eigenvalue weighted by atomic mass is 16.5. The van der Waals surface area contributed by atoms with Crippen molar-refractivity contribution in [3.8, 4) is 0 Å².